The summed E-state index contributed by atoms with van der Waals surface area (Å²) >= 11 is 0. The molecule has 0 aliphatic heterocycles. The maximum atomic E-state index is 13.6. The number of hydrogen-bond acceptors (Lipinski definition) is 3. The van der Waals surface area contributed by atoms with Crippen molar-refractivity contribution in [3.05, 3.63) is 82.9 Å². The number of aryl methyl sites for hydroxylation is 2. The molecule has 0 bridgehead atoms. The van der Waals surface area contributed by atoms with E-state index < -0.39 is 0 Å². The first kappa shape index (κ1) is 18.0. The highest BCUT2D eigenvalue weighted by atomic mass is 16.4. The first-order valence-electron chi connectivity index (χ1n) is 9.41. The smallest absolute Gasteiger partial charge is 0.195 e. The third kappa shape index (κ3) is 2.69. The van der Waals surface area contributed by atoms with Gasteiger partial charge in [0.05, 0.1) is 11.2 Å². The van der Waals surface area contributed by atoms with Gasteiger partial charge < -0.3 is 9.77 Å². The molecule has 140 valence electrons. The van der Waals surface area contributed by atoms with Gasteiger partial charge in [-0.3, -0.25) is 4.79 Å². The first-order chi connectivity index (χ1) is 13.6. The van der Waals surface area contributed by atoms with Crippen LogP contribution in [0.15, 0.2) is 65.8 Å². The lowest BCUT2D eigenvalue weighted by Crippen LogP contribution is -2.09. The van der Waals surface area contributed by atoms with E-state index in [1.165, 1.54) is 0 Å². The Morgan fingerprint density at radius 1 is 1.00 bits per heavy atom. The highest BCUT2D eigenvalue weighted by molar-refractivity contribution is 6.22. The fourth-order valence-electron chi connectivity index (χ4n) is 3.93. The number of hydrogen-bond donors (Lipinski definition) is 1. The van der Waals surface area contributed by atoms with Gasteiger partial charge >= 0.3 is 0 Å². The number of carbonyl (C=O) groups excluding carboxylic acids is 1. The highest BCUT2D eigenvalue weighted by Crippen LogP contribution is 2.34. The lowest BCUT2D eigenvalue weighted by atomic mass is 9.94. The molecule has 4 nitrogen and oxygen atoms in total. The van der Waals surface area contributed by atoms with Crippen molar-refractivity contribution in [1.82, 2.24) is 4.57 Å². The number of nitrogens with zero attached hydrogens (tertiary/aromatic N) is 2. The van der Waals surface area contributed by atoms with Crippen molar-refractivity contribution in [2.45, 2.75) is 27.3 Å². The molecular weight excluding hydrogens is 348 g/mol. The van der Waals surface area contributed by atoms with Crippen molar-refractivity contribution in [2.75, 3.05) is 0 Å². The molecule has 1 aromatic heterocycles. The quantitative estimate of drug-likeness (QED) is 0.221. The molecule has 4 rings (SSSR count). The van der Waals surface area contributed by atoms with Crippen molar-refractivity contribution >= 4 is 33.3 Å². The fourth-order valence-corrected chi connectivity index (χ4v) is 3.93. The predicted molar refractivity (Wildman–Crippen MR) is 114 cm³/mol. The van der Waals surface area contributed by atoms with Crippen molar-refractivity contribution in [3.63, 3.8) is 0 Å². The molecule has 0 aliphatic rings. The van der Waals surface area contributed by atoms with E-state index >= 15 is 0 Å². The minimum Gasteiger partial charge on any atom is -0.411 e. The Morgan fingerprint density at radius 3 is 2.43 bits per heavy atom. The number of rotatable bonds is 4. The SMILES string of the molecule is CCn1c2ccccc2c2cc(C(C)=NO)cc(C(=O)c3ccccc3C)c21. The topological polar surface area (TPSA) is 54.6 Å². The molecule has 1 heterocycles. The maximum Gasteiger partial charge on any atom is 0.195 e. The van der Waals surface area contributed by atoms with Gasteiger partial charge in [-0.2, -0.15) is 0 Å². The number of para-hydroxylation sites is 1. The lowest BCUT2D eigenvalue weighted by molar-refractivity contribution is 0.103. The molecule has 0 saturated carbocycles. The largest absolute Gasteiger partial charge is 0.411 e. The van der Waals surface area contributed by atoms with Crippen molar-refractivity contribution in [3.8, 4) is 0 Å². The van der Waals surface area contributed by atoms with E-state index in [2.05, 4.69) is 28.8 Å². The summed E-state index contributed by atoms with van der Waals surface area (Å²) in [4.78, 5) is 13.6. The van der Waals surface area contributed by atoms with Crippen LogP contribution >= 0.6 is 0 Å². The maximum absolute atomic E-state index is 13.6. The van der Waals surface area contributed by atoms with Gasteiger partial charge in [0.2, 0.25) is 0 Å². The van der Waals surface area contributed by atoms with E-state index in [0.29, 0.717) is 16.8 Å². The zero-order chi connectivity index (χ0) is 19.8. The molecule has 0 unspecified atom stereocenters. The molecule has 4 heteroatoms. The van der Waals surface area contributed by atoms with Crippen LogP contribution in [-0.4, -0.2) is 21.3 Å². The molecule has 0 aliphatic carbocycles. The zero-order valence-corrected chi connectivity index (χ0v) is 16.2. The Labute approximate surface area is 163 Å². The van der Waals surface area contributed by atoms with Gasteiger partial charge in [0.15, 0.2) is 5.78 Å². The van der Waals surface area contributed by atoms with E-state index in [-0.39, 0.29) is 5.78 Å². The van der Waals surface area contributed by atoms with Crippen LogP contribution in [-0.2, 0) is 6.54 Å². The number of aromatic nitrogens is 1. The molecule has 0 saturated heterocycles. The average Bonchev–Trinajstić information content (AvgIpc) is 3.06. The average molecular weight is 370 g/mol. The van der Waals surface area contributed by atoms with E-state index in [4.69, 9.17) is 0 Å². The molecule has 0 radical (unpaired) electrons. The second-order valence-corrected chi connectivity index (χ2v) is 7.01. The van der Waals surface area contributed by atoms with Crippen LogP contribution in [0.4, 0.5) is 0 Å². The van der Waals surface area contributed by atoms with Crippen LogP contribution in [0, 0.1) is 6.92 Å². The molecule has 0 atom stereocenters. The number of ketones is 1. The van der Waals surface area contributed by atoms with Gasteiger partial charge in [0.1, 0.15) is 0 Å². The van der Waals surface area contributed by atoms with Crippen LogP contribution in [0.2, 0.25) is 0 Å². The van der Waals surface area contributed by atoms with Crippen LogP contribution in [0.5, 0.6) is 0 Å². The summed E-state index contributed by atoms with van der Waals surface area (Å²) < 4.78 is 2.19. The van der Waals surface area contributed by atoms with E-state index in [0.717, 1.165) is 39.5 Å². The molecule has 3 aromatic carbocycles. The van der Waals surface area contributed by atoms with Gasteiger partial charge in [-0.15, -0.1) is 0 Å². The number of fused-ring (bicyclic) bond motifs is 3. The third-order valence-electron chi connectivity index (χ3n) is 5.38. The molecule has 0 spiro atoms. The molecule has 0 amide bonds. The summed E-state index contributed by atoms with van der Waals surface area (Å²) in [6.07, 6.45) is 0. The van der Waals surface area contributed by atoms with Gasteiger partial charge in [-0.25, -0.2) is 0 Å². The Hall–Kier alpha value is -3.40. The van der Waals surface area contributed by atoms with Crippen LogP contribution in [0.1, 0.15) is 40.9 Å². The predicted octanol–water partition coefficient (Wildman–Crippen LogP) is 5.55. The summed E-state index contributed by atoms with van der Waals surface area (Å²) in [5.41, 5.74) is 5.49. The minimum absolute atomic E-state index is 0.0202. The summed E-state index contributed by atoms with van der Waals surface area (Å²) in [5.74, 6) is -0.0202. The van der Waals surface area contributed by atoms with Crippen molar-refractivity contribution < 1.29 is 10.0 Å². The standard InChI is InChI=1S/C24H22N2O2/c1-4-26-22-12-8-7-11-19(22)20-13-17(16(3)25-28)14-21(23(20)26)24(27)18-10-6-5-9-15(18)2/h5-14,28H,4H2,1-3H3. The Balaban J connectivity index is 2.14. The number of carbonyl (C=O) groups is 1. The number of benzene rings is 3. The van der Waals surface area contributed by atoms with Crippen molar-refractivity contribution in [1.29, 1.82) is 0 Å². The Kier molecular flexibility index (Phi) is 4.47. The lowest BCUT2D eigenvalue weighted by Gasteiger charge is -2.12. The number of oxime groups is 1. The van der Waals surface area contributed by atoms with Gasteiger partial charge in [0, 0.05) is 39.5 Å². The minimum atomic E-state index is -0.0202. The molecular formula is C24H22N2O2. The summed E-state index contributed by atoms with van der Waals surface area (Å²) in [6, 6.07) is 19.6. The first-order valence-corrected chi connectivity index (χ1v) is 9.41. The van der Waals surface area contributed by atoms with Gasteiger partial charge in [-0.1, -0.05) is 47.6 Å². The molecule has 4 aromatic rings. The van der Waals surface area contributed by atoms with E-state index in [9.17, 15) is 10.0 Å². The highest BCUT2D eigenvalue weighted by Gasteiger charge is 2.21. The van der Waals surface area contributed by atoms with Gasteiger partial charge in [0.25, 0.3) is 0 Å². The van der Waals surface area contributed by atoms with Crippen LogP contribution in [0.3, 0.4) is 0 Å². The van der Waals surface area contributed by atoms with Crippen molar-refractivity contribution in [2.24, 2.45) is 5.16 Å². The molecule has 1 N–H and O–H groups in total. The fraction of sp³-hybridized carbons (Fsp3) is 0.167. The monoisotopic (exact) mass is 370 g/mol. The summed E-state index contributed by atoms with van der Waals surface area (Å²) in [6.45, 7) is 6.53. The second kappa shape index (κ2) is 6.97. The van der Waals surface area contributed by atoms with Crippen LogP contribution < -0.4 is 0 Å². The Bertz CT molecular complexity index is 1250. The Morgan fingerprint density at radius 2 is 1.71 bits per heavy atom. The molecule has 28 heavy (non-hydrogen) atoms. The third-order valence-corrected chi connectivity index (χ3v) is 5.38. The summed E-state index contributed by atoms with van der Waals surface area (Å²) in [7, 11) is 0. The van der Waals surface area contributed by atoms with E-state index in [1.807, 2.05) is 55.5 Å². The van der Waals surface area contributed by atoms with E-state index in [1.54, 1.807) is 6.92 Å². The zero-order valence-electron chi connectivity index (χ0n) is 16.2. The second-order valence-electron chi connectivity index (χ2n) is 7.01. The van der Waals surface area contributed by atoms with Crippen LogP contribution in [0.25, 0.3) is 21.8 Å². The summed E-state index contributed by atoms with van der Waals surface area (Å²) in [5, 5.41) is 14.8. The van der Waals surface area contributed by atoms with Gasteiger partial charge in [-0.05, 0) is 44.5 Å². The molecule has 0 fully saturated rings. The normalized spacial score (nSPS) is 12.0.